The third kappa shape index (κ3) is 4.92. The molecule has 0 saturated carbocycles. The summed E-state index contributed by atoms with van der Waals surface area (Å²) in [7, 11) is -5.30. The van der Waals surface area contributed by atoms with E-state index in [1.54, 1.807) is 0 Å². The van der Waals surface area contributed by atoms with Crippen molar-refractivity contribution in [1.29, 1.82) is 0 Å². The second-order valence-electron chi connectivity index (χ2n) is 6.19. The Morgan fingerprint density at radius 1 is 1.20 bits per heavy atom. The zero-order chi connectivity index (χ0) is 18.7. The van der Waals surface area contributed by atoms with Gasteiger partial charge in [0.2, 0.25) is 0 Å². The van der Waals surface area contributed by atoms with E-state index in [0.29, 0.717) is 18.9 Å². The monoisotopic (exact) mass is 375 g/mol. The fraction of sp³-hybridized carbons (Fsp3) is 0.471. The quantitative estimate of drug-likeness (QED) is 0.716. The van der Waals surface area contributed by atoms with Crippen molar-refractivity contribution in [2.24, 2.45) is 5.92 Å². The van der Waals surface area contributed by atoms with Gasteiger partial charge < -0.3 is 0 Å². The number of alkyl halides is 3. The fourth-order valence-corrected chi connectivity index (χ4v) is 3.64. The first kappa shape index (κ1) is 19.7. The maximum absolute atomic E-state index is 12.5. The lowest BCUT2D eigenvalue weighted by Crippen LogP contribution is -2.33. The van der Waals surface area contributed by atoms with Crippen LogP contribution in [0.15, 0.2) is 41.8 Å². The smallest absolute Gasteiger partial charge is 0.299 e. The number of carbonyl (C=O) groups is 1. The normalized spacial score (nSPS) is 17.4. The molecule has 0 unspecified atom stereocenters. The second-order valence-corrected chi connectivity index (χ2v) is 8.13. The summed E-state index contributed by atoms with van der Waals surface area (Å²) in [6, 6.07) is 4.80. The van der Waals surface area contributed by atoms with Gasteiger partial charge in [0.25, 0.3) is 9.84 Å². The molecule has 0 radical (unpaired) electrons. The van der Waals surface area contributed by atoms with E-state index < -0.39 is 20.2 Å². The first-order valence-corrected chi connectivity index (χ1v) is 9.39. The van der Waals surface area contributed by atoms with Crippen molar-refractivity contribution >= 4 is 15.6 Å². The number of benzene rings is 1. The molecule has 0 aliphatic carbocycles. The van der Waals surface area contributed by atoms with Gasteiger partial charge in [-0.1, -0.05) is 18.7 Å². The number of sulfone groups is 1. The predicted octanol–water partition coefficient (Wildman–Crippen LogP) is 3.34. The van der Waals surface area contributed by atoms with E-state index in [2.05, 4.69) is 11.5 Å². The van der Waals surface area contributed by atoms with Crippen LogP contribution >= 0.6 is 0 Å². The predicted molar refractivity (Wildman–Crippen MR) is 87.5 cm³/mol. The summed E-state index contributed by atoms with van der Waals surface area (Å²) in [6.45, 7) is 5.58. The number of allylic oxidation sites excluding steroid dienone is 1. The average molecular weight is 375 g/mol. The Balaban J connectivity index is 1.93. The molecule has 0 amide bonds. The summed E-state index contributed by atoms with van der Waals surface area (Å²) in [4.78, 5) is 12.8. The third-order valence-corrected chi connectivity index (χ3v) is 5.87. The number of nitrogens with zero attached hydrogens (tertiary/aromatic N) is 1. The molecule has 0 atom stereocenters. The second kappa shape index (κ2) is 7.70. The SMILES string of the molecule is C=CC(=O)CC1CCN(Cc2ccc(S(=O)(=O)C(F)(F)F)cc2)CC1. The number of hydrogen-bond acceptors (Lipinski definition) is 4. The largest absolute Gasteiger partial charge is 0.501 e. The summed E-state index contributed by atoms with van der Waals surface area (Å²) in [6.07, 6.45) is 3.59. The molecule has 8 heteroatoms. The molecule has 0 aromatic heterocycles. The van der Waals surface area contributed by atoms with Gasteiger partial charge in [-0.25, -0.2) is 8.42 Å². The summed E-state index contributed by atoms with van der Waals surface area (Å²) >= 11 is 0. The van der Waals surface area contributed by atoms with Crippen LogP contribution < -0.4 is 0 Å². The molecule has 1 aliphatic rings. The number of ketones is 1. The molecule has 4 nitrogen and oxygen atoms in total. The van der Waals surface area contributed by atoms with Gasteiger partial charge in [-0.15, -0.1) is 0 Å². The van der Waals surface area contributed by atoms with Gasteiger partial charge in [-0.3, -0.25) is 9.69 Å². The van der Waals surface area contributed by atoms with Crippen molar-refractivity contribution < 1.29 is 26.4 Å². The van der Waals surface area contributed by atoms with Crippen LogP contribution in [0.2, 0.25) is 0 Å². The summed E-state index contributed by atoms with van der Waals surface area (Å²) in [5, 5.41) is 0. The van der Waals surface area contributed by atoms with E-state index in [1.807, 2.05) is 0 Å². The number of halogens is 3. The van der Waals surface area contributed by atoms with E-state index in [9.17, 15) is 26.4 Å². The Labute approximate surface area is 145 Å². The average Bonchev–Trinajstić information content (AvgIpc) is 2.56. The van der Waals surface area contributed by atoms with E-state index in [-0.39, 0.29) is 5.78 Å². The van der Waals surface area contributed by atoms with Gasteiger partial charge in [0.1, 0.15) is 0 Å². The maximum Gasteiger partial charge on any atom is 0.501 e. The van der Waals surface area contributed by atoms with Gasteiger partial charge in [0.05, 0.1) is 4.90 Å². The fourth-order valence-electron chi connectivity index (χ4n) is 2.88. The lowest BCUT2D eigenvalue weighted by molar-refractivity contribution is -0.115. The highest BCUT2D eigenvalue weighted by molar-refractivity contribution is 7.92. The van der Waals surface area contributed by atoms with E-state index in [0.717, 1.165) is 43.6 Å². The Kier molecular flexibility index (Phi) is 6.05. The minimum atomic E-state index is -5.30. The minimum absolute atomic E-state index is 0.0416. The van der Waals surface area contributed by atoms with Crippen molar-refractivity contribution in [3.8, 4) is 0 Å². The van der Waals surface area contributed by atoms with Crippen molar-refractivity contribution in [3.05, 3.63) is 42.5 Å². The number of piperidine rings is 1. The molecule has 1 fully saturated rings. The highest BCUT2D eigenvalue weighted by Gasteiger charge is 2.46. The minimum Gasteiger partial charge on any atom is -0.299 e. The first-order valence-electron chi connectivity index (χ1n) is 7.91. The zero-order valence-corrected chi connectivity index (χ0v) is 14.4. The number of rotatable bonds is 6. The zero-order valence-electron chi connectivity index (χ0n) is 13.6. The van der Waals surface area contributed by atoms with Gasteiger partial charge in [-0.05, 0) is 55.6 Å². The number of likely N-dealkylation sites (tertiary alicyclic amines) is 1. The summed E-state index contributed by atoms with van der Waals surface area (Å²) in [5.41, 5.74) is -4.54. The molecule has 2 rings (SSSR count). The van der Waals surface area contributed by atoms with Crippen LogP contribution in [-0.2, 0) is 21.2 Å². The van der Waals surface area contributed by atoms with Crippen molar-refractivity contribution in [3.63, 3.8) is 0 Å². The molecule has 1 aliphatic heterocycles. The van der Waals surface area contributed by atoms with E-state index in [1.165, 1.54) is 18.2 Å². The Hall–Kier alpha value is -1.67. The Bertz CT molecular complexity index is 719. The van der Waals surface area contributed by atoms with Gasteiger partial charge in [-0.2, -0.15) is 13.2 Å². The lowest BCUT2D eigenvalue weighted by Gasteiger charge is -2.31. The van der Waals surface area contributed by atoms with Gasteiger partial charge in [0, 0.05) is 13.0 Å². The molecule has 1 saturated heterocycles. The highest BCUT2D eigenvalue weighted by atomic mass is 32.2. The molecule has 1 aromatic carbocycles. The molecule has 0 bridgehead atoms. The van der Waals surface area contributed by atoms with Crippen LogP contribution in [0.1, 0.15) is 24.8 Å². The Morgan fingerprint density at radius 3 is 2.24 bits per heavy atom. The topological polar surface area (TPSA) is 54.5 Å². The van der Waals surface area contributed by atoms with Crippen molar-refractivity contribution in [1.82, 2.24) is 4.90 Å². The maximum atomic E-state index is 12.5. The molecular formula is C17H20F3NO3S. The van der Waals surface area contributed by atoms with Gasteiger partial charge >= 0.3 is 5.51 Å². The third-order valence-electron chi connectivity index (χ3n) is 4.37. The highest BCUT2D eigenvalue weighted by Crippen LogP contribution is 2.30. The van der Waals surface area contributed by atoms with Crippen molar-refractivity contribution in [2.75, 3.05) is 13.1 Å². The number of carbonyl (C=O) groups excluding carboxylic acids is 1. The standard InChI is InChI=1S/C17H20F3NO3S/c1-2-15(22)11-13-7-9-21(10-8-13)12-14-3-5-16(6-4-14)25(23,24)17(18,19)20/h2-6,13H,1,7-12H2. The summed E-state index contributed by atoms with van der Waals surface area (Å²) < 4.78 is 60.2. The first-order chi connectivity index (χ1) is 11.6. The van der Waals surface area contributed by atoms with Crippen molar-refractivity contribution in [2.45, 2.75) is 36.2 Å². The molecule has 138 valence electrons. The number of hydrogen-bond donors (Lipinski definition) is 0. The molecule has 1 heterocycles. The van der Waals surface area contributed by atoms with Crippen LogP contribution in [0.3, 0.4) is 0 Å². The molecular weight excluding hydrogens is 355 g/mol. The van der Waals surface area contributed by atoms with E-state index >= 15 is 0 Å². The van der Waals surface area contributed by atoms with Crippen LogP contribution in [0.25, 0.3) is 0 Å². The van der Waals surface area contributed by atoms with Crippen LogP contribution in [0, 0.1) is 5.92 Å². The van der Waals surface area contributed by atoms with Crippen LogP contribution in [0.5, 0.6) is 0 Å². The lowest BCUT2D eigenvalue weighted by atomic mass is 9.91. The molecule has 1 aromatic rings. The van der Waals surface area contributed by atoms with Crippen LogP contribution in [-0.4, -0.2) is 37.7 Å². The van der Waals surface area contributed by atoms with Crippen LogP contribution in [0.4, 0.5) is 13.2 Å². The molecule has 0 spiro atoms. The van der Waals surface area contributed by atoms with Gasteiger partial charge in [0.15, 0.2) is 5.78 Å². The Morgan fingerprint density at radius 2 is 1.76 bits per heavy atom. The summed E-state index contributed by atoms with van der Waals surface area (Å²) in [5.74, 6) is 0.376. The molecule has 0 N–H and O–H groups in total. The molecule has 25 heavy (non-hydrogen) atoms. The van der Waals surface area contributed by atoms with E-state index in [4.69, 9.17) is 0 Å².